The zero-order chi connectivity index (χ0) is 18.8. The fourth-order valence-corrected chi connectivity index (χ4v) is 2.90. The van der Waals surface area contributed by atoms with Crippen LogP contribution in [0.5, 0.6) is 0 Å². The number of amides is 2. The number of carbonyl (C=O) groups excluding carboxylic acids is 2. The van der Waals surface area contributed by atoms with Crippen LogP contribution in [0, 0.1) is 0 Å². The van der Waals surface area contributed by atoms with Crippen molar-refractivity contribution in [2.45, 2.75) is 38.6 Å². The zero-order valence-corrected chi connectivity index (χ0v) is 15.8. The van der Waals surface area contributed by atoms with E-state index >= 15 is 0 Å². The van der Waals surface area contributed by atoms with E-state index < -0.39 is 6.04 Å². The summed E-state index contributed by atoms with van der Waals surface area (Å²) < 4.78 is 0. The summed E-state index contributed by atoms with van der Waals surface area (Å²) in [5.41, 5.74) is 1.29. The SMILES string of the molecule is CCCCCNC(=O)CC(NC(=O)c1ccccc1Cl)c1ccccc1. The van der Waals surface area contributed by atoms with Crippen molar-refractivity contribution in [1.29, 1.82) is 0 Å². The van der Waals surface area contributed by atoms with Gasteiger partial charge in [-0.25, -0.2) is 0 Å². The van der Waals surface area contributed by atoms with Gasteiger partial charge in [-0.05, 0) is 24.1 Å². The van der Waals surface area contributed by atoms with Gasteiger partial charge < -0.3 is 10.6 Å². The van der Waals surface area contributed by atoms with Crippen molar-refractivity contribution in [1.82, 2.24) is 10.6 Å². The quantitative estimate of drug-likeness (QED) is 0.636. The predicted octanol–water partition coefficient (Wildman–Crippen LogP) is 4.51. The highest BCUT2D eigenvalue weighted by molar-refractivity contribution is 6.33. The number of hydrogen-bond acceptors (Lipinski definition) is 2. The largest absolute Gasteiger partial charge is 0.356 e. The maximum atomic E-state index is 12.6. The first-order valence-corrected chi connectivity index (χ1v) is 9.36. The molecule has 2 amide bonds. The van der Waals surface area contributed by atoms with Crippen LogP contribution in [0.4, 0.5) is 0 Å². The first kappa shape index (κ1) is 20.0. The minimum atomic E-state index is -0.411. The van der Waals surface area contributed by atoms with E-state index in [1.54, 1.807) is 24.3 Å². The normalized spacial score (nSPS) is 11.6. The molecule has 0 saturated heterocycles. The molecule has 0 heterocycles. The van der Waals surface area contributed by atoms with Gasteiger partial charge in [0.15, 0.2) is 0 Å². The summed E-state index contributed by atoms with van der Waals surface area (Å²) in [6.07, 6.45) is 3.35. The predicted molar refractivity (Wildman–Crippen MR) is 105 cm³/mol. The van der Waals surface area contributed by atoms with E-state index in [4.69, 9.17) is 11.6 Å². The van der Waals surface area contributed by atoms with Crippen molar-refractivity contribution < 1.29 is 9.59 Å². The van der Waals surface area contributed by atoms with Crippen molar-refractivity contribution in [2.24, 2.45) is 0 Å². The summed E-state index contributed by atoms with van der Waals surface area (Å²) in [7, 11) is 0. The van der Waals surface area contributed by atoms with E-state index in [2.05, 4.69) is 17.6 Å². The minimum absolute atomic E-state index is 0.0746. The Morgan fingerprint density at radius 2 is 1.69 bits per heavy atom. The molecule has 0 saturated carbocycles. The average Bonchev–Trinajstić information content (AvgIpc) is 2.65. The highest BCUT2D eigenvalue weighted by Crippen LogP contribution is 2.20. The molecule has 0 aliphatic heterocycles. The molecule has 0 fully saturated rings. The first-order chi connectivity index (χ1) is 12.6. The van der Waals surface area contributed by atoms with E-state index in [0.29, 0.717) is 17.1 Å². The smallest absolute Gasteiger partial charge is 0.253 e. The molecule has 0 aliphatic carbocycles. The Hall–Kier alpha value is -2.33. The molecule has 5 heteroatoms. The van der Waals surface area contributed by atoms with Gasteiger partial charge in [-0.15, -0.1) is 0 Å². The molecule has 0 aliphatic rings. The summed E-state index contributed by atoms with van der Waals surface area (Å²) in [5, 5.41) is 6.25. The molecule has 0 aromatic heterocycles. The first-order valence-electron chi connectivity index (χ1n) is 8.99. The molecule has 1 atom stereocenters. The van der Waals surface area contributed by atoms with Crippen molar-refractivity contribution in [2.75, 3.05) is 6.54 Å². The molecule has 0 radical (unpaired) electrons. The van der Waals surface area contributed by atoms with Crippen LogP contribution in [0.1, 0.15) is 54.6 Å². The molecule has 2 aromatic carbocycles. The summed E-state index contributed by atoms with van der Waals surface area (Å²) in [6, 6.07) is 16.0. The Morgan fingerprint density at radius 1 is 1.00 bits per heavy atom. The second-order valence-corrected chi connectivity index (χ2v) is 6.58. The molecule has 4 nitrogen and oxygen atoms in total. The van der Waals surface area contributed by atoms with Gasteiger partial charge in [-0.2, -0.15) is 0 Å². The molecular formula is C21H25ClN2O2. The third-order valence-corrected chi connectivity index (χ3v) is 4.45. The van der Waals surface area contributed by atoms with Crippen LogP contribution in [0.25, 0.3) is 0 Å². The van der Waals surface area contributed by atoms with Crippen LogP contribution < -0.4 is 10.6 Å². The average molecular weight is 373 g/mol. The Balaban J connectivity index is 2.06. The lowest BCUT2D eigenvalue weighted by atomic mass is 10.0. The van der Waals surface area contributed by atoms with E-state index in [1.165, 1.54) is 0 Å². The van der Waals surface area contributed by atoms with Crippen LogP contribution in [-0.2, 0) is 4.79 Å². The minimum Gasteiger partial charge on any atom is -0.356 e. The lowest BCUT2D eigenvalue weighted by Crippen LogP contribution is -2.34. The summed E-state index contributed by atoms with van der Waals surface area (Å²) in [4.78, 5) is 24.9. The summed E-state index contributed by atoms with van der Waals surface area (Å²) >= 11 is 6.11. The number of hydrogen-bond donors (Lipinski definition) is 2. The number of carbonyl (C=O) groups is 2. The Labute approximate surface area is 159 Å². The molecule has 2 N–H and O–H groups in total. The molecule has 2 rings (SSSR count). The van der Waals surface area contributed by atoms with Crippen LogP contribution >= 0.6 is 11.6 Å². The second-order valence-electron chi connectivity index (χ2n) is 6.18. The second kappa shape index (κ2) is 10.6. The molecule has 1 unspecified atom stereocenters. The van der Waals surface area contributed by atoms with Crippen molar-refractivity contribution >= 4 is 23.4 Å². The lowest BCUT2D eigenvalue weighted by Gasteiger charge is -2.19. The van der Waals surface area contributed by atoms with Crippen molar-refractivity contribution in [3.63, 3.8) is 0 Å². The lowest BCUT2D eigenvalue weighted by molar-refractivity contribution is -0.121. The van der Waals surface area contributed by atoms with Gasteiger partial charge >= 0.3 is 0 Å². The van der Waals surface area contributed by atoms with Gasteiger partial charge in [0, 0.05) is 6.54 Å². The molecule has 138 valence electrons. The van der Waals surface area contributed by atoms with E-state index in [9.17, 15) is 9.59 Å². The van der Waals surface area contributed by atoms with Crippen LogP contribution in [0.2, 0.25) is 5.02 Å². The number of halogens is 1. The molecular weight excluding hydrogens is 348 g/mol. The monoisotopic (exact) mass is 372 g/mol. The zero-order valence-electron chi connectivity index (χ0n) is 15.0. The fraction of sp³-hybridized carbons (Fsp3) is 0.333. The van der Waals surface area contributed by atoms with Gasteiger partial charge in [0.05, 0.1) is 23.0 Å². The number of unbranched alkanes of at least 4 members (excludes halogenated alkanes) is 2. The third-order valence-electron chi connectivity index (χ3n) is 4.12. The number of nitrogens with one attached hydrogen (secondary N) is 2. The maximum absolute atomic E-state index is 12.6. The fourth-order valence-electron chi connectivity index (χ4n) is 2.68. The van der Waals surface area contributed by atoms with Gasteiger partial charge in [0.1, 0.15) is 0 Å². The third kappa shape index (κ3) is 6.19. The molecule has 0 bridgehead atoms. The number of rotatable bonds is 9. The van der Waals surface area contributed by atoms with Crippen LogP contribution in [-0.4, -0.2) is 18.4 Å². The van der Waals surface area contributed by atoms with Gasteiger partial charge in [-0.3, -0.25) is 9.59 Å². The van der Waals surface area contributed by atoms with Gasteiger partial charge in [-0.1, -0.05) is 73.8 Å². The van der Waals surface area contributed by atoms with Crippen molar-refractivity contribution in [3.05, 3.63) is 70.7 Å². The standard InChI is InChI=1S/C21H25ClN2O2/c1-2-3-9-14-23-20(25)15-19(16-10-5-4-6-11-16)24-21(26)17-12-7-8-13-18(17)22/h4-8,10-13,19H,2-3,9,14-15H2,1H3,(H,23,25)(H,24,26). The van der Waals surface area contributed by atoms with Crippen molar-refractivity contribution in [3.8, 4) is 0 Å². The highest BCUT2D eigenvalue weighted by atomic mass is 35.5. The highest BCUT2D eigenvalue weighted by Gasteiger charge is 2.20. The Bertz CT molecular complexity index is 719. The maximum Gasteiger partial charge on any atom is 0.253 e. The summed E-state index contributed by atoms with van der Waals surface area (Å²) in [5.74, 6) is -0.363. The molecule has 2 aromatic rings. The van der Waals surface area contributed by atoms with E-state index in [0.717, 1.165) is 24.8 Å². The van der Waals surface area contributed by atoms with Crippen LogP contribution in [0.15, 0.2) is 54.6 Å². The topological polar surface area (TPSA) is 58.2 Å². The molecule has 26 heavy (non-hydrogen) atoms. The van der Waals surface area contributed by atoms with Gasteiger partial charge in [0.25, 0.3) is 5.91 Å². The van der Waals surface area contributed by atoms with E-state index in [-0.39, 0.29) is 18.2 Å². The molecule has 0 spiro atoms. The van der Waals surface area contributed by atoms with Crippen LogP contribution in [0.3, 0.4) is 0 Å². The summed E-state index contributed by atoms with van der Waals surface area (Å²) in [6.45, 7) is 2.78. The van der Waals surface area contributed by atoms with Gasteiger partial charge in [0.2, 0.25) is 5.91 Å². The Morgan fingerprint density at radius 3 is 2.38 bits per heavy atom. The Kier molecular flexibility index (Phi) is 8.16. The van der Waals surface area contributed by atoms with E-state index in [1.807, 2.05) is 30.3 Å². The number of benzene rings is 2.